The Morgan fingerprint density at radius 3 is 2.29 bits per heavy atom. The molecule has 0 saturated carbocycles. The van der Waals surface area contributed by atoms with Crippen LogP contribution in [0.3, 0.4) is 0 Å². The fraction of sp³-hybridized carbons (Fsp3) is 0.222. The fourth-order valence-corrected chi connectivity index (χ4v) is 1.38. The van der Waals surface area contributed by atoms with Crippen LogP contribution in [0, 0.1) is 0 Å². The third-order valence-corrected chi connectivity index (χ3v) is 2.53. The van der Waals surface area contributed by atoms with Crippen LogP contribution in [0.15, 0.2) is 30.3 Å². The maximum atomic E-state index is 10.8. The molecule has 5 heteroatoms. The van der Waals surface area contributed by atoms with E-state index >= 15 is 0 Å². The first-order chi connectivity index (χ1) is 6.50. The maximum Gasteiger partial charge on any atom is 0.328 e. The molecule has 1 N–H and O–H groups in total. The predicted octanol–water partition coefficient (Wildman–Crippen LogP) is 1.03. The van der Waals surface area contributed by atoms with E-state index in [1.165, 1.54) is 0 Å². The zero-order valence-corrected chi connectivity index (χ0v) is 8.20. The van der Waals surface area contributed by atoms with Gasteiger partial charge in [0.2, 0.25) is 0 Å². The molecule has 0 aliphatic heterocycles. The van der Waals surface area contributed by atoms with Crippen molar-refractivity contribution < 1.29 is 17.8 Å². The topological polar surface area (TPSA) is 71.4 Å². The molecular weight excluding hydrogens is 204 g/mol. The second-order valence-electron chi connectivity index (χ2n) is 2.83. The quantitative estimate of drug-likeness (QED) is 0.763. The summed E-state index contributed by atoms with van der Waals surface area (Å²) in [6.45, 7) is 0. The van der Waals surface area contributed by atoms with E-state index in [1.807, 2.05) is 6.07 Å². The van der Waals surface area contributed by atoms with Crippen LogP contribution in [-0.4, -0.2) is 18.1 Å². The van der Waals surface area contributed by atoms with E-state index in [0.717, 1.165) is 5.56 Å². The molecule has 1 aromatic carbocycles. The van der Waals surface area contributed by atoms with Gasteiger partial charge in [0.1, 0.15) is 0 Å². The van der Waals surface area contributed by atoms with Crippen molar-refractivity contribution in [3.63, 3.8) is 0 Å². The predicted molar refractivity (Wildman–Crippen MR) is 51.3 cm³/mol. The van der Waals surface area contributed by atoms with Gasteiger partial charge in [-0.25, -0.2) is 0 Å². The normalized spacial score (nSPS) is 11.2. The van der Waals surface area contributed by atoms with Crippen LogP contribution < -0.4 is 0 Å². The molecule has 1 rings (SSSR count). The number of aryl methyl sites for hydroxylation is 1. The number of carbonyl (C=O) groups excluding carboxylic acids is 1. The Morgan fingerprint density at radius 1 is 1.21 bits per heavy atom. The highest BCUT2D eigenvalue weighted by Gasteiger charge is 2.17. The van der Waals surface area contributed by atoms with E-state index in [4.69, 9.17) is 4.55 Å². The highest BCUT2D eigenvalue weighted by Crippen LogP contribution is 2.04. The SMILES string of the molecule is O=C(CCc1ccccc1)S(=O)(=O)O. The lowest BCUT2D eigenvalue weighted by Crippen LogP contribution is -2.13. The Balaban J connectivity index is 2.55. The molecule has 0 amide bonds. The van der Waals surface area contributed by atoms with E-state index in [-0.39, 0.29) is 6.42 Å². The van der Waals surface area contributed by atoms with Crippen LogP contribution in [-0.2, 0) is 21.3 Å². The number of hydrogen-bond acceptors (Lipinski definition) is 3. The summed E-state index contributed by atoms with van der Waals surface area (Å²) in [6, 6.07) is 9.00. The minimum atomic E-state index is -4.51. The highest BCUT2D eigenvalue weighted by atomic mass is 32.2. The second-order valence-corrected chi connectivity index (χ2v) is 4.24. The molecule has 0 unspecified atom stereocenters. The molecule has 0 aliphatic carbocycles. The van der Waals surface area contributed by atoms with Gasteiger partial charge in [0.25, 0.3) is 5.12 Å². The lowest BCUT2D eigenvalue weighted by Gasteiger charge is -1.98. The summed E-state index contributed by atoms with van der Waals surface area (Å²) in [7, 11) is -4.51. The van der Waals surface area contributed by atoms with Crippen LogP contribution in [0.5, 0.6) is 0 Å². The molecule has 0 heterocycles. The molecule has 0 saturated heterocycles. The molecule has 0 aromatic heterocycles. The first-order valence-corrected chi connectivity index (χ1v) is 5.48. The first-order valence-electron chi connectivity index (χ1n) is 4.04. The average molecular weight is 214 g/mol. The fourth-order valence-electron chi connectivity index (χ4n) is 1.02. The number of hydrogen-bond donors (Lipinski definition) is 1. The minimum Gasteiger partial charge on any atom is -0.280 e. The Kier molecular flexibility index (Phi) is 3.38. The molecule has 0 aliphatic rings. The number of carbonyl (C=O) groups is 1. The summed E-state index contributed by atoms with van der Waals surface area (Å²) in [5.74, 6) is 0. The van der Waals surface area contributed by atoms with E-state index < -0.39 is 15.2 Å². The summed E-state index contributed by atoms with van der Waals surface area (Å²) in [6.07, 6.45) is 0.127. The Bertz CT molecular complexity index is 408. The molecule has 14 heavy (non-hydrogen) atoms. The van der Waals surface area contributed by atoms with Gasteiger partial charge in [0.05, 0.1) is 0 Å². The Labute approximate surface area is 82.3 Å². The Morgan fingerprint density at radius 2 is 1.79 bits per heavy atom. The zero-order valence-electron chi connectivity index (χ0n) is 7.38. The largest absolute Gasteiger partial charge is 0.328 e. The van der Waals surface area contributed by atoms with Gasteiger partial charge in [0, 0.05) is 6.42 Å². The standard InChI is InChI=1S/C9H10O4S/c10-9(14(11,12)13)7-6-8-4-2-1-3-5-8/h1-5H,6-7H2,(H,11,12,13). The summed E-state index contributed by atoms with van der Waals surface area (Å²) in [5.41, 5.74) is 0.865. The van der Waals surface area contributed by atoms with Crippen LogP contribution in [0.1, 0.15) is 12.0 Å². The molecule has 0 bridgehead atoms. The molecule has 4 nitrogen and oxygen atoms in total. The van der Waals surface area contributed by atoms with Crippen LogP contribution in [0.4, 0.5) is 0 Å². The van der Waals surface area contributed by atoms with Crippen molar-refractivity contribution in [2.24, 2.45) is 0 Å². The summed E-state index contributed by atoms with van der Waals surface area (Å²) < 4.78 is 29.1. The molecule has 0 radical (unpaired) electrons. The van der Waals surface area contributed by atoms with Gasteiger partial charge in [-0.2, -0.15) is 8.42 Å². The molecule has 76 valence electrons. The highest BCUT2D eigenvalue weighted by molar-refractivity contribution is 8.01. The first kappa shape index (κ1) is 10.9. The van der Waals surface area contributed by atoms with Crippen LogP contribution in [0.2, 0.25) is 0 Å². The molecule has 0 fully saturated rings. The van der Waals surface area contributed by atoms with Gasteiger partial charge >= 0.3 is 10.1 Å². The van der Waals surface area contributed by atoms with Gasteiger partial charge in [-0.15, -0.1) is 0 Å². The number of benzene rings is 1. The van der Waals surface area contributed by atoms with Crippen molar-refractivity contribution in [2.75, 3.05) is 0 Å². The Hall–Kier alpha value is -1.20. The monoisotopic (exact) mass is 214 g/mol. The van der Waals surface area contributed by atoms with Gasteiger partial charge in [-0.1, -0.05) is 30.3 Å². The van der Waals surface area contributed by atoms with E-state index in [2.05, 4.69) is 0 Å². The van der Waals surface area contributed by atoms with E-state index in [1.54, 1.807) is 24.3 Å². The lowest BCUT2D eigenvalue weighted by atomic mass is 10.1. The van der Waals surface area contributed by atoms with Crippen LogP contribution in [0.25, 0.3) is 0 Å². The van der Waals surface area contributed by atoms with Crippen LogP contribution >= 0.6 is 0 Å². The maximum absolute atomic E-state index is 10.8. The molecule has 1 aromatic rings. The third-order valence-electron chi connectivity index (χ3n) is 1.75. The van der Waals surface area contributed by atoms with Gasteiger partial charge < -0.3 is 0 Å². The lowest BCUT2D eigenvalue weighted by molar-refractivity contribution is -0.112. The van der Waals surface area contributed by atoms with Gasteiger partial charge in [0.15, 0.2) is 0 Å². The van der Waals surface area contributed by atoms with E-state index in [0.29, 0.717) is 6.42 Å². The van der Waals surface area contributed by atoms with Crippen molar-refractivity contribution >= 4 is 15.2 Å². The van der Waals surface area contributed by atoms with E-state index in [9.17, 15) is 13.2 Å². The van der Waals surface area contributed by atoms with Crippen molar-refractivity contribution in [2.45, 2.75) is 12.8 Å². The molecule has 0 spiro atoms. The summed E-state index contributed by atoms with van der Waals surface area (Å²) in [5, 5.41) is -1.14. The summed E-state index contributed by atoms with van der Waals surface area (Å²) >= 11 is 0. The zero-order chi connectivity index (χ0) is 10.6. The van der Waals surface area contributed by atoms with Crippen molar-refractivity contribution in [3.8, 4) is 0 Å². The van der Waals surface area contributed by atoms with Gasteiger partial charge in [-0.3, -0.25) is 9.35 Å². The third kappa shape index (κ3) is 3.27. The van der Waals surface area contributed by atoms with Gasteiger partial charge in [-0.05, 0) is 12.0 Å². The summed E-state index contributed by atoms with van der Waals surface area (Å²) in [4.78, 5) is 10.8. The van der Waals surface area contributed by atoms with Crippen molar-refractivity contribution in [1.29, 1.82) is 0 Å². The van der Waals surface area contributed by atoms with Crippen molar-refractivity contribution in [1.82, 2.24) is 0 Å². The average Bonchev–Trinajstić information content (AvgIpc) is 2.14. The molecular formula is C9H10O4S. The molecule has 0 atom stereocenters. The minimum absolute atomic E-state index is 0.192. The smallest absolute Gasteiger partial charge is 0.280 e. The van der Waals surface area contributed by atoms with Crippen molar-refractivity contribution in [3.05, 3.63) is 35.9 Å². The second kappa shape index (κ2) is 4.34. The number of rotatable bonds is 3.